The summed E-state index contributed by atoms with van der Waals surface area (Å²) >= 11 is 0. The molecule has 3 fully saturated rings. The summed E-state index contributed by atoms with van der Waals surface area (Å²) in [5.74, 6) is 0. The van der Waals surface area contributed by atoms with Crippen molar-refractivity contribution < 1.29 is 9.47 Å². The SMILES string of the molecule is CCNC1CCCN(C2CCOC3(CCOC3)C2)C1. The highest BCUT2D eigenvalue weighted by Gasteiger charge is 2.43. The Labute approximate surface area is 116 Å². The van der Waals surface area contributed by atoms with Crippen molar-refractivity contribution >= 4 is 0 Å². The molecule has 0 aromatic rings. The highest BCUT2D eigenvalue weighted by molar-refractivity contribution is 4.95. The van der Waals surface area contributed by atoms with Gasteiger partial charge in [-0.05, 0) is 38.8 Å². The van der Waals surface area contributed by atoms with Crippen molar-refractivity contribution in [3.05, 3.63) is 0 Å². The molecular weight excluding hydrogens is 240 g/mol. The number of rotatable bonds is 3. The van der Waals surface area contributed by atoms with Crippen LogP contribution in [0.15, 0.2) is 0 Å². The predicted octanol–water partition coefficient (Wildman–Crippen LogP) is 1.40. The van der Waals surface area contributed by atoms with Gasteiger partial charge < -0.3 is 14.8 Å². The number of ether oxygens (including phenoxy) is 2. The zero-order valence-corrected chi connectivity index (χ0v) is 12.2. The fourth-order valence-corrected chi connectivity index (χ4v) is 3.97. The van der Waals surface area contributed by atoms with Gasteiger partial charge in [0.1, 0.15) is 0 Å². The maximum Gasteiger partial charge on any atom is 0.0951 e. The third-order valence-corrected chi connectivity index (χ3v) is 5.00. The molecule has 110 valence electrons. The molecule has 3 atom stereocenters. The van der Waals surface area contributed by atoms with Crippen molar-refractivity contribution in [2.75, 3.05) is 39.5 Å². The molecule has 3 unspecified atom stereocenters. The number of likely N-dealkylation sites (tertiary alicyclic amines) is 1. The number of nitrogens with one attached hydrogen (secondary N) is 1. The minimum absolute atomic E-state index is 0.0496. The van der Waals surface area contributed by atoms with Crippen LogP contribution in [0, 0.1) is 0 Å². The largest absolute Gasteiger partial charge is 0.378 e. The van der Waals surface area contributed by atoms with Crippen molar-refractivity contribution in [1.82, 2.24) is 10.2 Å². The molecule has 0 bridgehead atoms. The van der Waals surface area contributed by atoms with Gasteiger partial charge in [-0.15, -0.1) is 0 Å². The second-order valence-corrected chi connectivity index (χ2v) is 6.37. The van der Waals surface area contributed by atoms with Crippen LogP contribution in [-0.4, -0.2) is 62.0 Å². The number of hydrogen-bond donors (Lipinski definition) is 1. The Morgan fingerprint density at radius 3 is 3.05 bits per heavy atom. The molecule has 3 aliphatic rings. The molecule has 1 N–H and O–H groups in total. The Bertz CT molecular complexity index is 290. The van der Waals surface area contributed by atoms with E-state index in [1.807, 2.05) is 0 Å². The van der Waals surface area contributed by atoms with Crippen LogP contribution in [0.5, 0.6) is 0 Å². The van der Waals surface area contributed by atoms with Crippen LogP contribution in [0.25, 0.3) is 0 Å². The molecule has 4 heteroatoms. The smallest absolute Gasteiger partial charge is 0.0951 e. The molecule has 3 heterocycles. The molecule has 0 saturated carbocycles. The number of piperidine rings is 1. The van der Waals surface area contributed by atoms with Crippen LogP contribution in [0.2, 0.25) is 0 Å². The minimum Gasteiger partial charge on any atom is -0.378 e. The van der Waals surface area contributed by atoms with E-state index in [-0.39, 0.29) is 5.60 Å². The van der Waals surface area contributed by atoms with Crippen LogP contribution < -0.4 is 5.32 Å². The van der Waals surface area contributed by atoms with Gasteiger partial charge in [0.05, 0.1) is 12.2 Å². The zero-order valence-electron chi connectivity index (χ0n) is 12.2. The highest BCUT2D eigenvalue weighted by Crippen LogP contribution is 2.35. The fraction of sp³-hybridized carbons (Fsp3) is 1.00. The maximum atomic E-state index is 6.05. The maximum absolute atomic E-state index is 6.05. The van der Waals surface area contributed by atoms with Gasteiger partial charge >= 0.3 is 0 Å². The lowest BCUT2D eigenvalue weighted by molar-refractivity contribution is -0.109. The summed E-state index contributed by atoms with van der Waals surface area (Å²) in [6.07, 6.45) is 6.13. The lowest BCUT2D eigenvalue weighted by Gasteiger charge is -2.45. The standard InChI is InChI=1S/C15H28N2O2/c1-2-16-13-4-3-7-17(11-13)14-5-8-19-15(10-14)6-9-18-12-15/h13-14,16H,2-12H2,1H3. The molecular formula is C15H28N2O2. The van der Waals surface area contributed by atoms with Gasteiger partial charge in [0, 0.05) is 38.3 Å². The summed E-state index contributed by atoms with van der Waals surface area (Å²) in [6, 6.07) is 1.40. The van der Waals surface area contributed by atoms with Crippen LogP contribution in [0.4, 0.5) is 0 Å². The molecule has 3 saturated heterocycles. The first-order valence-electron chi connectivity index (χ1n) is 8.00. The topological polar surface area (TPSA) is 33.7 Å². The van der Waals surface area contributed by atoms with Crippen molar-refractivity contribution in [3.8, 4) is 0 Å². The van der Waals surface area contributed by atoms with E-state index in [0.717, 1.165) is 32.8 Å². The van der Waals surface area contributed by atoms with Gasteiger partial charge in [-0.25, -0.2) is 0 Å². The van der Waals surface area contributed by atoms with Crippen molar-refractivity contribution in [3.63, 3.8) is 0 Å². The Kier molecular flexibility index (Phi) is 4.42. The number of nitrogens with zero attached hydrogens (tertiary/aromatic N) is 1. The summed E-state index contributed by atoms with van der Waals surface area (Å²) in [5, 5.41) is 3.62. The van der Waals surface area contributed by atoms with E-state index >= 15 is 0 Å². The Morgan fingerprint density at radius 1 is 1.32 bits per heavy atom. The second kappa shape index (κ2) is 6.08. The molecule has 3 rings (SSSR count). The van der Waals surface area contributed by atoms with Crippen LogP contribution in [-0.2, 0) is 9.47 Å². The first-order valence-corrected chi connectivity index (χ1v) is 8.00. The van der Waals surface area contributed by atoms with E-state index in [9.17, 15) is 0 Å². The first-order chi connectivity index (χ1) is 9.31. The monoisotopic (exact) mass is 268 g/mol. The molecule has 0 amide bonds. The number of likely N-dealkylation sites (N-methyl/N-ethyl adjacent to an activating group) is 1. The summed E-state index contributed by atoms with van der Waals surface area (Å²) in [5.41, 5.74) is 0.0496. The molecule has 4 nitrogen and oxygen atoms in total. The summed E-state index contributed by atoms with van der Waals surface area (Å²) in [4.78, 5) is 2.71. The number of hydrogen-bond acceptors (Lipinski definition) is 4. The van der Waals surface area contributed by atoms with Gasteiger partial charge in [-0.2, -0.15) is 0 Å². The first kappa shape index (κ1) is 13.8. The van der Waals surface area contributed by atoms with Crippen LogP contribution in [0.3, 0.4) is 0 Å². The van der Waals surface area contributed by atoms with E-state index < -0.39 is 0 Å². The summed E-state index contributed by atoms with van der Waals surface area (Å²) < 4.78 is 11.6. The minimum atomic E-state index is 0.0496. The third kappa shape index (κ3) is 3.13. The highest BCUT2D eigenvalue weighted by atomic mass is 16.6. The average molecular weight is 268 g/mol. The van der Waals surface area contributed by atoms with Crippen LogP contribution >= 0.6 is 0 Å². The second-order valence-electron chi connectivity index (χ2n) is 6.37. The normalized spacial score (nSPS) is 40.9. The Morgan fingerprint density at radius 2 is 2.26 bits per heavy atom. The Balaban J connectivity index is 1.58. The third-order valence-electron chi connectivity index (χ3n) is 5.00. The van der Waals surface area contributed by atoms with Crippen molar-refractivity contribution in [2.45, 2.75) is 56.7 Å². The zero-order chi connectivity index (χ0) is 13.1. The molecule has 0 radical (unpaired) electrons. The quantitative estimate of drug-likeness (QED) is 0.839. The van der Waals surface area contributed by atoms with E-state index in [1.54, 1.807) is 0 Å². The molecule has 19 heavy (non-hydrogen) atoms. The molecule has 0 aromatic carbocycles. The molecule has 1 spiro atoms. The van der Waals surface area contributed by atoms with Gasteiger partial charge in [-0.1, -0.05) is 6.92 Å². The van der Waals surface area contributed by atoms with E-state index in [4.69, 9.17) is 9.47 Å². The van der Waals surface area contributed by atoms with E-state index in [1.165, 1.54) is 38.8 Å². The molecule has 3 aliphatic heterocycles. The van der Waals surface area contributed by atoms with Gasteiger partial charge in [-0.3, -0.25) is 4.90 Å². The predicted molar refractivity (Wildman–Crippen MR) is 75.4 cm³/mol. The summed E-state index contributed by atoms with van der Waals surface area (Å²) in [7, 11) is 0. The van der Waals surface area contributed by atoms with Gasteiger partial charge in [0.15, 0.2) is 0 Å². The lowest BCUT2D eigenvalue weighted by Crippen LogP contribution is -2.54. The summed E-state index contributed by atoms with van der Waals surface area (Å²) in [6.45, 7) is 8.39. The molecule has 0 aliphatic carbocycles. The van der Waals surface area contributed by atoms with Crippen molar-refractivity contribution in [2.24, 2.45) is 0 Å². The lowest BCUT2D eigenvalue weighted by atomic mass is 9.87. The Hall–Kier alpha value is -0.160. The molecule has 0 aromatic heterocycles. The van der Waals surface area contributed by atoms with Gasteiger partial charge in [0.25, 0.3) is 0 Å². The van der Waals surface area contributed by atoms with Gasteiger partial charge in [0.2, 0.25) is 0 Å². The van der Waals surface area contributed by atoms with Crippen molar-refractivity contribution in [1.29, 1.82) is 0 Å². The van der Waals surface area contributed by atoms with Crippen LogP contribution in [0.1, 0.15) is 39.0 Å². The van der Waals surface area contributed by atoms with E-state index in [0.29, 0.717) is 12.1 Å². The van der Waals surface area contributed by atoms with E-state index in [2.05, 4.69) is 17.1 Å². The average Bonchev–Trinajstić information content (AvgIpc) is 2.87. The fourth-order valence-electron chi connectivity index (χ4n) is 3.97.